The summed E-state index contributed by atoms with van der Waals surface area (Å²) in [4.78, 5) is 1.28. The Bertz CT molecular complexity index is 599. The Morgan fingerprint density at radius 3 is 2.60 bits per heavy atom. The van der Waals surface area contributed by atoms with Crippen LogP contribution in [0.1, 0.15) is 29.7 Å². The summed E-state index contributed by atoms with van der Waals surface area (Å²) < 4.78 is 0. The summed E-state index contributed by atoms with van der Waals surface area (Å²) in [6.07, 6.45) is 2.08. The Morgan fingerprint density at radius 1 is 1.20 bits per heavy atom. The molecule has 20 heavy (non-hydrogen) atoms. The lowest BCUT2D eigenvalue weighted by atomic mass is 10.1. The van der Waals surface area contributed by atoms with E-state index < -0.39 is 0 Å². The van der Waals surface area contributed by atoms with Crippen molar-refractivity contribution in [3.05, 3.63) is 65.2 Å². The number of thioether (sulfide) groups is 1. The van der Waals surface area contributed by atoms with E-state index in [1.807, 2.05) is 24.3 Å². The second-order valence-corrected chi connectivity index (χ2v) is 5.57. The van der Waals surface area contributed by atoms with E-state index in [4.69, 9.17) is 5.26 Å². The van der Waals surface area contributed by atoms with Gasteiger partial charge in [0.2, 0.25) is 0 Å². The van der Waals surface area contributed by atoms with E-state index >= 15 is 0 Å². The molecule has 1 N–H and O–H groups in total. The molecule has 102 valence electrons. The van der Waals surface area contributed by atoms with Crippen LogP contribution in [0.5, 0.6) is 0 Å². The molecule has 2 nitrogen and oxygen atoms in total. The molecule has 2 aromatic carbocycles. The van der Waals surface area contributed by atoms with Gasteiger partial charge in [0.25, 0.3) is 0 Å². The number of benzene rings is 2. The van der Waals surface area contributed by atoms with E-state index in [-0.39, 0.29) is 6.04 Å². The average Bonchev–Trinajstić information content (AvgIpc) is 2.53. The largest absolute Gasteiger partial charge is 0.306 e. The number of nitrogens with one attached hydrogen (secondary N) is 1. The molecule has 0 radical (unpaired) electrons. The Kier molecular flexibility index (Phi) is 5.23. The molecule has 0 fully saturated rings. The normalized spacial score (nSPS) is 11.8. The van der Waals surface area contributed by atoms with Crippen molar-refractivity contribution >= 4 is 11.8 Å². The zero-order chi connectivity index (χ0) is 14.4. The molecule has 0 aliphatic rings. The topological polar surface area (TPSA) is 35.8 Å². The van der Waals surface area contributed by atoms with Gasteiger partial charge in [-0.1, -0.05) is 24.3 Å². The van der Waals surface area contributed by atoms with Crippen LogP contribution in [0.2, 0.25) is 0 Å². The lowest BCUT2D eigenvalue weighted by Gasteiger charge is -2.14. The second-order valence-electron chi connectivity index (χ2n) is 4.69. The first-order valence-electron chi connectivity index (χ1n) is 6.59. The van der Waals surface area contributed by atoms with Crippen molar-refractivity contribution in [3.8, 4) is 6.07 Å². The molecular formula is C17H18N2S. The van der Waals surface area contributed by atoms with Gasteiger partial charge in [0.1, 0.15) is 0 Å². The van der Waals surface area contributed by atoms with Crippen LogP contribution in [-0.2, 0) is 6.54 Å². The van der Waals surface area contributed by atoms with Crippen molar-refractivity contribution in [2.45, 2.75) is 24.4 Å². The SMILES string of the molecule is CSc1ccc(C(C)NCc2cccc(C#N)c2)cc1. The summed E-state index contributed by atoms with van der Waals surface area (Å²) in [6, 6.07) is 18.8. The van der Waals surface area contributed by atoms with Gasteiger partial charge in [-0.2, -0.15) is 5.26 Å². The van der Waals surface area contributed by atoms with Gasteiger partial charge in [-0.15, -0.1) is 11.8 Å². The number of hydrogen-bond acceptors (Lipinski definition) is 3. The van der Waals surface area contributed by atoms with Crippen molar-refractivity contribution in [3.63, 3.8) is 0 Å². The molecule has 0 aliphatic carbocycles. The molecule has 0 aliphatic heterocycles. The predicted octanol–water partition coefficient (Wildman–Crippen LogP) is 4.13. The highest BCUT2D eigenvalue weighted by Gasteiger charge is 2.05. The Morgan fingerprint density at radius 2 is 1.95 bits per heavy atom. The van der Waals surface area contributed by atoms with Gasteiger partial charge < -0.3 is 5.32 Å². The van der Waals surface area contributed by atoms with E-state index in [1.165, 1.54) is 10.5 Å². The molecular weight excluding hydrogens is 264 g/mol. The minimum Gasteiger partial charge on any atom is -0.306 e. The Balaban J connectivity index is 1.97. The summed E-state index contributed by atoms with van der Waals surface area (Å²) in [5.41, 5.74) is 3.12. The molecule has 0 spiro atoms. The molecule has 2 rings (SSSR count). The Labute approximate surface area is 124 Å². The van der Waals surface area contributed by atoms with E-state index in [1.54, 1.807) is 11.8 Å². The fourth-order valence-corrected chi connectivity index (χ4v) is 2.44. The zero-order valence-electron chi connectivity index (χ0n) is 11.8. The minimum absolute atomic E-state index is 0.289. The van der Waals surface area contributed by atoms with Gasteiger partial charge in [-0.25, -0.2) is 0 Å². The monoisotopic (exact) mass is 282 g/mol. The van der Waals surface area contributed by atoms with Crippen molar-refractivity contribution in [2.24, 2.45) is 0 Å². The third kappa shape index (κ3) is 3.86. The highest BCUT2D eigenvalue weighted by molar-refractivity contribution is 7.98. The van der Waals surface area contributed by atoms with Crippen molar-refractivity contribution in [2.75, 3.05) is 6.26 Å². The first kappa shape index (κ1) is 14.6. The van der Waals surface area contributed by atoms with Crippen LogP contribution in [0.25, 0.3) is 0 Å². The third-order valence-electron chi connectivity index (χ3n) is 3.28. The lowest BCUT2D eigenvalue weighted by Crippen LogP contribution is -2.18. The van der Waals surface area contributed by atoms with Crippen LogP contribution in [0.4, 0.5) is 0 Å². The van der Waals surface area contributed by atoms with Crippen molar-refractivity contribution < 1.29 is 0 Å². The minimum atomic E-state index is 0.289. The molecule has 0 bridgehead atoms. The maximum absolute atomic E-state index is 8.89. The molecule has 0 heterocycles. The zero-order valence-corrected chi connectivity index (χ0v) is 12.6. The number of hydrogen-bond donors (Lipinski definition) is 1. The number of nitriles is 1. The average molecular weight is 282 g/mol. The summed E-state index contributed by atoms with van der Waals surface area (Å²) in [5, 5.41) is 12.4. The summed E-state index contributed by atoms with van der Waals surface area (Å²) in [5.74, 6) is 0. The maximum Gasteiger partial charge on any atom is 0.0991 e. The molecule has 1 unspecified atom stereocenters. The summed E-state index contributed by atoms with van der Waals surface area (Å²) in [6.45, 7) is 2.92. The van der Waals surface area contributed by atoms with E-state index in [0.29, 0.717) is 5.56 Å². The van der Waals surface area contributed by atoms with Crippen LogP contribution < -0.4 is 5.32 Å². The van der Waals surface area contributed by atoms with E-state index in [2.05, 4.69) is 48.8 Å². The highest BCUT2D eigenvalue weighted by Crippen LogP contribution is 2.19. The van der Waals surface area contributed by atoms with Crippen LogP contribution >= 0.6 is 11.8 Å². The Hall–Kier alpha value is -1.76. The van der Waals surface area contributed by atoms with Crippen molar-refractivity contribution in [1.29, 1.82) is 5.26 Å². The number of nitrogens with zero attached hydrogens (tertiary/aromatic N) is 1. The fraction of sp³-hybridized carbons (Fsp3) is 0.235. The highest BCUT2D eigenvalue weighted by atomic mass is 32.2. The quantitative estimate of drug-likeness (QED) is 0.838. The third-order valence-corrected chi connectivity index (χ3v) is 4.03. The van der Waals surface area contributed by atoms with Gasteiger partial charge in [0.05, 0.1) is 11.6 Å². The van der Waals surface area contributed by atoms with Gasteiger partial charge in [0.15, 0.2) is 0 Å². The van der Waals surface area contributed by atoms with Crippen LogP contribution in [0.3, 0.4) is 0 Å². The van der Waals surface area contributed by atoms with Gasteiger partial charge in [-0.3, -0.25) is 0 Å². The first-order chi connectivity index (χ1) is 9.72. The van der Waals surface area contributed by atoms with Crippen molar-refractivity contribution in [1.82, 2.24) is 5.32 Å². The van der Waals surface area contributed by atoms with E-state index in [9.17, 15) is 0 Å². The summed E-state index contributed by atoms with van der Waals surface area (Å²) in [7, 11) is 0. The molecule has 0 saturated heterocycles. The standard InChI is InChI=1S/C17H18N2S/c1-13(16-6-8-17(20-2)9-7-16)19-12-15-5-3-4-14(10-15)11-18/h3-10,13,19H,12H2,1-2H3. The summed E-state index contributed by atoms with van der Waals surface area (Å²) >= 11 is 1.75. The molecule has 2 aromatic rings. The second kappa shape index (κ2) is 7.14. The smallest absolute Gasteiger partial charge is 0.0991 e. The predicted molar refractivity (Wildman–Crippen MR) is 84.6 cm³/mol. The van der Waals surface area contributed by atoms with Crippen LogP contribution in [-0.4, -0.2) is 6.26 Å². The van der Waals surface area contributed by atoms with Crippen LogP contribution in [0, 0.1) is 11.3 Å². The maximum atomic E-state index is 8.89. The molecule has 0 amide bonds. The molecule has 0 saturated carbocycles. The first-order valence-corrected chi connectivity index (χ1v) is 7.82. The number of rotatable bonds is 5. The molecule has 0 aromatic heterocycles. The van der Waals surface area contributed by atoms with Gasteiger partial charge in [0, 0.05) is 17.5 Å². The lowest BCUT2D eigenvalue weighted by molar-refractivity contribution is 0.574. The fourth-order valence-electron chi connectivity index (χ4n) is 2.03. The molecule has 3 heteroatoms. The van der Waals surface area contributed by atoms with Gasteiger partial charge >= 0.3 is 0 Å². The molecule has 1 atom stereocenters. The van der Waals surface area contributed by atoms with E-state index in [0.717, 1.165) is 12.1 Å². The van der Waals surface area contributed by atoms with Gasteiger partial charge in [-0.05, 0) is 48.6 Å². The van der Waals surface area contributed by atoms with Crippen LogP contribution in [0.15, 0.2) is 53.4 Å².